The second kappa shape index (κ2) is 4.34. The highest BCUT2D eigenvalue weighted by Crippen LogP contribution is 2.34. The van der Waals surface area contributed by atoms with Crippen molar-refractivity contribution in [1.82, 2.24) is 5.32 Å². The minimum Gasteiger partial charge on any atom is -0.465 e. The highest BCUT2D eigenvalue weighted by atomic mass is 16.4. The lowest BCUT2D eigenvalue weighted by Crippen LogP contribution is -2.36. The van der Waals surface area contributed by atoms with Crippen molar-refractivity contribution >= 4 is 6.09 Å². The van der Waals surface area contributed by atoms with Crippen LogP contribution in [0, 0.1) is 5.92 Å². The maximum absolute atomic E-state index is 10.6. The molecule has 80 valence electrons. The molecule has 0 heterocycles. The van der Waals surface area contributed by atoms with Crippen LogP contribution in [0.4, 0.5) is 4.79 Å². The van der Waals surface area contributed by atoms with Crippen molar-refractivity contribution in [3.05, 3.63) is 35.9 Å². The molecule has 0 aromatic heterocycles. The molecule has 1 aliphatic carbocycles. The van der Waals surface area contributed by atoms with Gasteiger partial charge < -0.3 is 10.4 Å². The van der Waals surface area contributed by atoms with Crippen molar-refractivity contribution < 1.29 is 9.90 Å². The van der Waals surface area contributed by atoms with Gasteiger partial charge in [0, 0.05) is 6.04 Å². The smallest absolute Gasteiger partial charge is 0.404 e. The SMILES string of the molecule is O=C(O)NC(Cc1ccccc1)C1CC1. The van der Waals surface area contributed by atoms with Crippen molar-refractivity contribution in [2.75, 3.05) is 0 Å². The lowest BCUT2D eigenvalue weighted by molar-refractivity contribution is 0.188. The topological polar surface area (TPSA) is 49.3 Å². The molecule has 1 atom stereocenters. The molecular formula is C12H15NO2. The van der Waals surface area contributed by atoms with Gasteiger partial charge in [0.2, 0.25) is 0 Å². The van der Waals surface area contributed by atoms with Crippen LogP contribution >= 0.6 is 0 Å². The number of benzene rings is 1. The zero-order valence-corrected chi connectivity index (χ0v) is 8.52. The second-order valence-electron chi connectivity index (χ2n) is 4.08. The number of hydrogen-bond acceptors (Lipinski definition) is 1. The van der Waals surface area contributed by atoms with Crippen LogP contribution in [0.2, 0.25) is 0 Å². The van der Waals surface area contributed by atoms with Crippen LogP contribution in [-0.4, -0.2) is 17.2 Å². The average molecular weight is 205 g/mol. The fourth-order valence-electron chi connectivity index (χ4n) is 1.86. The predicted molar refractivity (Wildman–Crippen MR) is 57.8 cm³/mol. The first-order valence-electron chi connectivity index (χ1n) is 5.29. The Balaban J connectivity index is 1.97. The molecule has 2 N–H and O–H groups in total. The number of rotatable bonds is 4. The second-order valence-corrected chi connectivity index (χ2v) is 4.08. The molecule has 0 aliphatic heterocycles. The summed E-state index contributed by atoms with van der Waals surface area (Å²) in [5.41, 5.74) is 1.20. The lowest BCUT2D eigenvalue weighted by atomic mass is 10.0. The van der Waals surface area contributed by atoms with E-state index in [4.69, 9.17) is 5.11 Å². The van der Waals surface area contributed by atoms with Crippen molar-refractivity contribution in [3.8, 4) is 0 Å². The van der Waals surface area contributed by atoms with Crippen molar-refractivity contribution in [3.63, 3.8) is 0 Å². The maximum atomic E-state index is 10.6. The Morgan fingerprint density at radius 3 is 2.60 bits per heavy atom. The van der Waals surface area contributed by atoms with Crippen molar-refractivity contribution in [2.24, 2.45) is 5.92 Å². The number of hydrogen-bond donors (Lipinski definition) is 2. The zero-order valence-electron chi connectivity index (χ0n) is 8.52. The molecule has 1 amide bonds. The first-order chi connectivity index (χ1) is 7.25. The summed E-state index contributed by atoms with van der Waals surface area (Å²) in [5, 5.41) is 11.3. The van der Waals surface area contributed by atoms with Gasteiger partial charge in [-0.3, -0.25) is 0 Å². The average Bonchev–Trinajstić information content (AvgIpc) is 3.01. The van der Waals surface area contributed by atoms with Crippen LogP contribution in [0.15, 0.2) is 30.3 Å². The molecular weight excluding hydrogens is 190 g/mol. The molecule has 0 bridgehead atoms. The number of carbonyl (C=O) groups is 1. The Labute approximate surface area is 89.1 Å². The molecule has 15 heavy (non-hydrogen) atoms. The van der Waals surface area contributed by atoms with Gasteiger partial charge in [-0.25, -0.2) is 4.79 Å². The molecule has 3 nitrogen and oxygen atoms in total. The van der Waals surface area contributed by atoms with E-state index in [2.05, 4.69) is 5.32 Å². The van der Waals surface area contributed by atoms with Gasteiger partial charge in [0.05, 0.1) is 0 Å². The summed E-state index contributed by atoms with van der Waals surface area (Å²) in [4.78, 5) is 10.6. The molecule has 0 radical (unpaired) electrons. The maximum Gasteiger partial charge on any atom is 0.404 e. The predicted octanol–water partition coefficient (Wildman–Crippen LogP) is 2.28. The summed E-state index contributed by atoms with van der Waals surface area (Å²) in [7, 11) is 0. The van der Waals surface area contributed by atoms with E-state index in [1.54, 1.807) is 0 Å². The van der Waals surface area contributed by atoms with Gasteiger partial charge in [0.1, 0.15) is 0 Å². The monoisotopic (exact) mass is 205 g/mol. The van der Waals surface area contributed by atoms with E-state index >= 15 is 0 Å². The summed E-state index contributed by atoms with van der Waals surface area (Å²) in [5.74, 6) is 0.543. The van der Waals surface area contributed by atoms with E-state index in [1.165, 1.54) is 5.56 Å². The minimum atomic E-state index is -0.914. The van der Waals surface area contributed by atoms with Crippen LogP contribution in [0.25, 0.3) is 0 Å². The van der Waals surface area contributed by atoms with Crippen LogP contribution < -0.4 is 5.32 Å². The normalized spacial score (nSPS) is 17.1. The highest BCUT2D eigenvalue weighted by molar-refractivity contribution is 5.65. The number of nitrogens with one attached hydrogen (secondary N) is 1. The van der Waals surface area contributed by atoms with Crippen molar-refractivity contribution in [1.29, 1.82) is 0 Å². The van der Waals surface area contributed by atoms with Gasteiger partial charge in [0.15, 0.2) is 0 Å². The molecule has 0 spiro atoms. The van der Waals surface area contributed by atoms with Gasteiger partial charge in [-0.2, -0.15) is 0 Å². The molecule has 1 aromatic rings. The van der Waals surface area contributed by atoms with Gasteiger partial charge in [-0.15, -0.1) is 0 Å². The third-order valence-corrected chi connectivity index (χ3v) is 2.80. The van der Waals surface area contributed by atoms with E-state index in [0.717, 1.165) is 19.3 Å². The summed E-state index contributed by atoms with van der Waals surface area (Å²) in [6.07, 6.45) is 2.19. The molecule has 1 saturated carbocycles. The summed E-state index contributed by atoms with van der Waals surface area (Å²) in [6, 6.07) is 10.1. The van der Waals surface area contributed by atoms with Gasteiger partial charge in [0.25, 0.3) is 0 Å². The molecule has 2 rings (SSSR count). The fourth-order valence-corrected chi connectivity index (χ4v) is 1.86. The van der Waals surface area contributed by atoms with Crippen LogP contribution in [0.5, 0.6) is 0 Å². The first kappa shape index (κ1) is 10.0. The van der Waals surface area contributed by atoms with Gasteiger partial charge >= 0.3 is 6.09 Å². The number of amides is 1. The van der Waals surface area contributed by atoms with Crippen LogP contribution in [0.1, 0.15) is 18.4 Å². The standard InChI is InChI=1S/C12H15NO2/c14-12(15)13-11(10-6-7-10)8-9-4-2-1-3-5-9/h1-5,10-11,13H,6-8H2,(H,14,15). The molecule has 0 saturated heterocycles. The van der Waals surface area contributed by atoms with E-state index in [-0.39, 0.29) is 6.04 Å². The third-order valence-electron chi connectivity index (χ3n) is 2.80. The minimum absolute atomic E-state index is 0.0879. The van der Waals surface area contributed by atoms with E-state index in [1.807, 2.05) is 30.3 Å². The summed E-state index contributed by atoms with van der Waals surface area (Å²) in [6.45, 7) is 0. The zero-order chi connectivity index (χ0) is 10.7. The fraction of sp³-hybridized carbons (Fsp3) is 0.417. The van der Waals surface area contributed by atoms with E-state index in [9.17, 15) is 4.79 Å². The highest BCUT2D eigenvalue weighted by Gasteiger charge is 2.32. The summed E-state index contributed by atoms with van der Waals surface area (Å²) < 4.78 is 0. The quantitative estimate of drug-likeness (QED) is 0.792. The Morgan fingerprint density at radius 1 is 1.40 bits per heavy atom. The van der Waals surface area contributed by atoms with Gasteiger partial charge in [-0.1, -0.05) is 30.3 Å². The lowest BCUT2D eigenvalue weighted by Gasteiger charge is -2.15. The van der Waals surface area contributed by atoms with E-state index < -0.39 is 6.09 Å². The largest absolute Gasteiger partial charge is 0.465 e. The Hall–Kier alpha value is -1.51. The van der Waals surface area contributed by atoms with Gasteiger partial charge in [-0.05, 0) is 30.7 Å². The Morgan fingerprint density at radius 2 is 2.07 bits per heavy atom. The Kier molecular flexibility index (Phi) is 2.90. The van der Waals surface area contributed by atoms with Crippen molar-refractivity contribution in [2.45, 2.75) is 25.3 Å². The van der Waals surface area contributed by atoms with Crippen LogP contribution in [0.3, 0.4) is 0 Å². The first-order valence-corrected chi connectivity index (χ1v) is 5.29. The van der Waals surface area contributed by atoms with E-state index in [0.29, 0.717) is 5.92 Å². The third kappa shape index (κ3) is 2.98. The molecule has 3 heteroatoms. The molecule has 1 fully saturated rings. The molecule has 1 aromatic carbocycles. The molecule has 1 unspecified atom stereocenters. The number of carboxylic acid groups (broad SMARTS) is 1. The van der Waals surface area contributed by atoms with Crippen LogP contribution in [-0.2, 0) is 6.42 Å². The summed E-state index contributed by atoms with van der Waals surface area (Å²) >= 11 is 0. The molecule has 1 aliphatic rings. The Bertz CT molecular complexity index is 333.